The Kier molecular flexibility index (Phi) is 4.45. The number of hydrogen-bond donors (Lipinski definition) is 1. The van der Waals surface area contributed by atoms with Crippen LogP contribution >= 0.6 is 0 Å². The van der Waals surface area contributed by atoms with Crippen LogP contribution in [0.25, 0.3) is 16.9 Å². The van der Waals surface area contributed by atoms with E-state index in [-0.39, 0.29) is 5.52 Å². The van der Waals surface area contributed by atoms with Crippen LogP contribution in [0.3, 0.4) is 0 Å². The zero-order valence-corrected chi connectivity index (χ0v) is 17.6. The van der Waals surface area contributed by atoms with Crippen LogP contribution in [0.1, 0.15) is 18.4 Å². The van der Waals surface area contributed by atoms with Crippen molar-refractivity contribution in [3.8, 4) is 5.69 Å². The molecule has 8 nitrogen and oxygen atoms in total. The van der Waals surface area contributed by atoms with Crippen LogP contribution in [0, 0.1) is 17.8 Å². The molecule has 2 aliphatic rings. The Labute approximate surface area is 184 Å². The van der Waals surface area contributed by atoms with Gasteiger partial charge in [-0.3, -0.25) is 14.8 Å². The van der Waals surface area contributed by atoms with Gasteiger partial charge in [-0.15, -0.1) is 0 Å². The standard InChI is InChI=1S/C24H24N6O2/c31-22-21-23(30(24(32)27-22)19-8-10-25-11-9-19)29(15-26-21)28-13-17-6-7-18(14-28)20(17)12-16-4-2-1-3-5-16/h1-5,8-11,15,17-18,20H,6-7,12-14H2,(H,27,31,32). The summed E-state index contributed by atoms with van der Waals surface area (Å²) in [5, 5.41) is 2.26. The summed E-state index contributed by atoms with van der Waals surface area (Å²) in [6, 6.07) is 14.2. The SMILES string of the molecule is O=c1[nH]c(=O)n(-c2ccncc2)c2c1ncn2N1CC2CCC(C1)C2Cc1ccccc1. The summed E-state index contributed by atoms with van der Waals surface area (Å²) in [7, 11) is 0. The first kappa shape index (κ1) is 19.0. The second-order valence-electron chi connectivity index (χ2n) is 8.88. The minimum Gasteiger partial charge on any atom is -0.309 e. The number of benzene rings is 1. The molecule has 1 saturated heterocycles. The van der Waals surface area contributed by atoms with Crippen LogP contribution < -0.4 is 16.3 Å². The average Bonchev–Trinajstić information content (AvgIpc) is 3.33. The first-order valence-electron chi connectivity index (χ1n) is 11.1. The highest BCUT2D eigenvalue weighted by atomic mass is 16.2. The van der Waals surface area contributed by atoms with Crippen molar-refractivity contribution in [2.24, 2.45) is 17.8 Å². The van der Waals surface area contributed by atoms with Gasteiger partial charge in [0.1, 0.15) is 6.33 Å². The van der Waals surface area contributed by atoms with E-state index in [4.69, 9.17) is 0 Å². The molecule has 32 heavy (non-hydrogen) atoms. The van der Waals surface area contributed by atoms with Crippen molar-refractivity contribution in [1.29, 1.82) is 0 Å². The predicted octanol–water partition coefficient (Wildman–Crippen LogP) is 2.11. The quantitative estimate of drug-likeness (QED) is 0.538. The molecule has 2 bridgehead atoms. The fourth-order valence-electron chi connectivity index (χ4n) is 5.66. The summed E-state index contributed by atoms with van der Waals surface area (Å²) in [6.07, 6.45) is 8.47. The monoisotopic (exact) mass is 428 g/mol. The number of fused-ring (bicyclic) bond motifs is 3. The maximum atomic E-state index is 12.8. The van der Waals surface area contributed by atoms with Crippen LogP contribution in [0.4, 0.5) is 0 Å². The molecule has 0 amide bonds. The van der Waals surface area contributed by atoms with E-state index in [9.17, 15) is 9.59 Å². The van der Waals surface area contributed by atoms with Gasteiger partial charge in [-0.05, 0) is 54.7 Å². The normalized spacial score (nSPS) is 22.5. The molecule has 1 N–H and O–H groups in total. The van der Waals surface area contributed by atoms with Crippen LogP contribution in [0.15, 0.2) is 70.8 Å². The lowest BCUT2D eigenvalue weighted by molar-refractivity contribution is 0.244. The van der Waals surface area contributed by atoms with Crippen molar-refractivity contribution < 1.29 is 0 Å². The van der Waals surface area contributed by atoms with E-state index in [1.807, 2.05) is 4.68 Å². The molecule has 3 aromatic heterocycles. The van der Waals surface area contributed by atoms with Gasteiger partial charge >= 0.3 is 5.69 Å². The number of nitrogens with zero attached hydrogens (tertiary/aromatic N) is 5. The number of rotatable bonds is 4. The van der Waals surface area contributed by atoms with Crippen LogP contribution in [-0.4, -0.2) is 37.3 Å². The van der Waals surface area contributed by atoms with Crippen LogP contribution in [0.5, 0.6) is 0 Å². The van der Waals surface area contributed by atoms with Crippen molar-refractivity contribution >= 4 is 11.2 Å². The first-order chi connectivity index (χ1) is 15.7. The number of H-pyrrole nitrogens is 1. The highest BCUT2D eigenvalue weighted by Crippen LogP contribution is 2.43. The Morgan fingerprint density at radius 2 is 1.69 bits per heavy atom. The number of aromatic amines is 1. The maximum absolute atomic E-state index is 12.8. The second-order valence-corrected chi connectivity index (χ2v) is 8.88. The molecule has 0 radical (unpaired) electrons. The van der Waals surface area contributed by atoms with Crippen LogP contribution in [0.2, 0.25) is 0 Å². The highest BCUT2D eigenvalue weighted by Gasteiger charge is 2.42. The fourth-order valence-corrected chi connectivity index (χ4v) is 5.66. The van der Waals surface area contributed by atoms with Gasteiger partial charge in [0.25, 0.3) is 5.56 Å². The molecule has 8 heteroatoms. The third-order valence-corrected chi connectivity index (χ3v) is 7.13. The average molecular weight is 428 g/mol. The third-order valence-electron chi connectivity index (χ3n) is 7.13. The van der Waals surface area contributed by atoms with Crippen molar-refractivity contribution in [3.05, 3.63) is 87.6 Å². The molecule has 4 heterocycles. The molecular weight excluding hydrogens is 404 g/mol. The largest absolute Gasteiger partial charge is 0.334 e. The Hall–Kier alpha value is -3.68. The predicted molar refractivity (Wildman–Crippen MR) is 122 cm³/mol. The van der Waals surface area contributed by atoms with Crippen molar-refractivity contribution in [2.75, 3.05) is 18.1 Å². The summed E-state index contributed by atoms with van der Waals surface area (Å²) in [6.45, 7) is 1.77. The lowest BCUT2D eigenvalue weighted by atomic mass is 9.81. The van der Waals surface area contributed by atoms with E-state index in [1.165, 1.54) is 23.0 Å². The Balaban J connectivity index is 1.39. The van der Waals surface area contributed by atoms with E-state index in [1.54, 1.807) is 30.9 Å². The van der Waals surface area contributed by atoms with Crippen molar-refractivity contribution in [1.82, 2.24) is 24.2 Å². The molecule has 1 saturated carbocycles. The Bertz CT molecular complexity index is 1360. The molecular formula is C24H24N6O2. The number of pyridine rings is 1. The number of hydrogen-bond acceptors (Lipinski definition) is 5. The summed E-state index contributed by atoms with van der Waals surface area (Å²) >= 11 is 0. The fraction of sp³-hybridized carbons (Fsp3) is 0.333. The maximum Gasteiger partial charge on any atom is 0.334 e. The van der Waals surface area contributed by atoms with Crippen molar-refractivity contribution in [2.45, 2.75) is 19.3 Å². The smallest absolute Gasteiger partial charge is 0.309 e. The molecule has 6 rings (SSSR count). The second kappa shape index (κ2) is 7.47. The zero-order chi connectivity index (χ0) is 21.7. The molecule has 1 aromatic carbocycles. The van der Waals surface area contributed by atoms with E-state index >= 15 is 0 Å². The summed E-state index contributed by atoms with van der Waals surface area (Å²) in [5.41, 5.74) is 1.88. The van der Waals surface area contributed by atoms with Gasteiger partial charge in [0.05, 0.1) is 5.69 Å². The lowest BCUT2D eigenvalue weighted by Crippen LogP contribution is -2.48. The summed E-state index contributed by atoms with van der Waals surface area (Å²) in [4.78, 5) is 36.1. The van der Waals surface area contributed by atoms with Crippen molar-refractivity contribution in [3.63, 3.8) is 0 Å². The first-order valence-corrected chi connectivity index (χ1v) is 11.1. The highest BCUT2D eigenvalue weighted by molar-refractivity contribution is 5.72. The molecule has 2 fully saturated rings. The van der Waals surface area contributed by atoms with Gasteiger partial charge in [-0.1, -0.05) is 30.3 Å². The Morgan fingerprint density at radius 3 is 2.41 bits per heavy atom. The van der Waals surface area contributed by atoms with Crippen LogP contribution in [-0.2, 0) is 6.42 Å². The topological polar surface area (TPSA) is 88.8 Å². The van der Waals surface area contributed by atoms with E-state index in [2.05, 4.69) is 50.3 Å². The number of aromatic nitrogens is 5. The molecule has 4 aromatic rings. The number of imidazole rings is 1. The molecule has 1 aliphatic carbocycles. The van der Waals surface area contributed by atoms with E-state index in [0.29, 0.717) is 29.1 Å². The number of nitrogens with one attached hydrogen (secondary N) is 1. The molecule has 2 unspecified atom stereocenters. The minimum atomic E-state index is -0.475. The van der Waals surface area contributed by atoms with Gasteiger partial charge in [0, 0.05) is 25.5 Å². The third kappa shape index (κ3) is 3.05. The van der Waals surface area contributed by atoms with E-state index in [0.717, 1.165) is 19.5 Å². The molecule has 2 atom stereocenters. The van der Waals surface area contributed by atoms with Gasteiger partial charge in [0.2, 0.25) is 0 Å². The Morgan fingerprint density at radius 1 is 0.969 bits per heavy atom. The van der Waals surface area contributed by atoms with Gasteiger partial charge in [-0.25, -0.2) is 19.0 Å². The number of piperidine rings is 1. The van der Waals surface area contributed by atoms with Gasteiger partial charge in [-0.2, -0.15) is 0 Å². The molecule has 1 aliphatic heterocycles. The lowest BCUT2D eigenvalue weighted by Gasteiger charge is -2.40. The summed E-state index contributed by atoms with van der Waals surface area (Å²) < 4.78 is 3.43. The van der Waals surface area contributed by atoms with Gasteiger partial charge < -0.3 is 5.01 Å². The summed E-state index contributed by atoms with van der Waals surface area (Å²) in [5.74, 6) is 1.82. The zero-order valence-electron chi connectivity index (χ0n) is 17.6. The molecule has 0 spiro atoms. The molecule has 162 valence electrons. The minimum absolute atomic E-state index is 0.264. The van der Waals surface area contributed by atoms with Gasteiger partial charge in [0.15, 0.2) is 11.2 Å². The van der Waals surface area contributed by atoms with E-state index < -0.39 is 11.2 Å².